The number of fused-ring (bicyclic) bond motifs is 1. The number of H-pyrrole nitrogens is 1. The van der Waals surface area contributed by atoms with Crippen LogP contribution >= 0.6 is 0 Å². The number of tetrazole rings is 1. The molecular weight excluding hydrogens is 404 g/mol. The van der Waals surface area contributed by atoms with Gasteiger partial charge in [0.05, 0.1) is 6.20 Å². The van der Waals surface area contributed by atoms with Crippen molar-refractivity contribution in [1.82, 2.24) is 35.2 Å². The van der Waals surface area contributed by atoms with E-state index in [0.29, 0.717) is 12.2 Å². The van der Waals surface area contributed by atoms with Crippen molar-refractivity contribution in [3.05, 3.63) is 90.0 Å². The van der Waals surface area contributed by atoms with Crippen molar-refractivity contribution in [2.45, 2.75) is 25.9 Å². The number of aryl methyl sites for hydroxylation is 1. The van der Waals surface area contributed by atoms with Crippen LogP contribution < -0.4 is 10.1 Å². The minimum Gasteiger partial charge on any atom is -0.482 e. The zero-order valence-corrected chi connectivity index (χ0v) is 17.5. The first-order valence-corrected chi connectivity index (χ1v) is 10.4. The van der Waals surface area contributed by atoms with Crippen LogP contribution in [0.3, 0.4) is 0 Å². The van der Waals surface area contributed by atoms with E-state index in [4.69, 9.17) is 4.74 Å². The summed E-state index contributed by atoms with van der Waals surface area (Å²) in [5.74, 6) is 2.17. The van der Waals surface area contributed by atoms with E-state index in [9.17, 15) is 0 Å². The molecule has 0 spiro atoms. The smallest absolute Gasteiger partial charge is 0.189 e. The Morgan fingerprint density at radius 3 is 2.66 bits per heavy atom. The summed E-state index contributed by atoms with van der Waals surface area (Å²) in [4.78, 5) is 4.58. The third kappa shape index (κ3) is 4.27. The molecule has 0 aliphatic heterocycles. The second-order valence-electron chi connectivity index (χ2n) is 7.32. The largest absolute Gasteiger partial charge is 0.482 e. The maximum atomic E-state index is 6.23. The van der Waals surface area contributed by atoms with Gasteiger partial charge in [0.25, 0.3) is 0 Å². The minimum absolute atomic E-state index is 0.331. The van der Waals surface area contributed by atoms with Crippen LogP contribution in [0.4, 0.5) is 11.5 Å². The lowest BCUT2D eigenvalue weighted by atomic mass is 10.1. The topological polar surface area (TPSA) is 106 Å². The van der Waals surface area contributed by atoms with E-state index in [0.717, 1.165) is 40.6 Å². The molecule has 1 atom stereocenters. The molecule has 0 saturated carbocycles. The fraction of sp³-hybridized carbons (Fsp3) is 0.174. The van der Waals surface area contributed by atoms with Crippen LogP contribution in [0.2, 0.25) is 0 Å². The third-order valence-electron chi connectivity index (χ3n) is 5.11. The summed E-state index contributed by atoms with van der Waals surface area (Å²) < 4.78 is 8.02. The molecule has 2 N–H and O–H groups in total. The second-order valence-corrected chi connectivity index (χ2v) is 7.32. The molecule has 0 amide bonds. The van der Waals surface area contributed by atoms with Gasteiger partial charge >= 0.3 is 0 Å². The van der Waals surface area contributed by atoms with E-state index < -0.39 is 0 Å². The van der Waals surface area contributed by atoms with Crippen LogP contribution in [-0.2, 0) is 12.8 Å². The number of rotatable bonds is 8. The molecule has 32 heavy (non-hydrogen) atoms. The predicted molar refractivity (Wildman–Crippen MR) is 120 cm³/mol. The van der Waals surface area contributed by atoms with Crippen molar-refractivity contribution < 1.29 is 4.74 Å². The average Bonchev–Trinajstić information content (AvgIpc) is 3.53. The van der Waals surface area contributed by atoms with E-state index in [1.165, 1.54) is 0 Å². The standard InChI is InChI=1S/C23H22N8O/c1-2-17-15-22(31-21(25-17)12-13-24-31)26-18-8-10-19(11-9-18)32-20(23-27-29-30-28-23)14-16-6-4-3-5-7-16/h3-13,15,20,26H,2,14H2,1H3,(H,27,28,29,30). The Balaban J connectivity index is 1.34. The van der Waals surface area contributed by atoms with Gasteiger partial charge in [0.2, 0.25) is 0 Å². The number of aromatic amines is 1. The zero-order valence-electron chi connectivity index (χ0n) is 17.5. The molecule has 0 fully saturated rings. The van der Waals surface area contributed by atoms with Gasteiger partial charge in [0.15, 0.2) is 17.6 Å². The lowest BCUT2D eigenvalue weighted by Gasteiger charge is -2.17. The first-order valence-electron chi connectivity index (χ1n) is 10.4. The molecule has 3 heterocycles. The minimum atomic E-state index is -0.331. The zero-order chi connectivity index (χ0) is 21.8. The van der Waals surface area contributed by atoms with Gasteiger partial charge in [-0.1, -0.05) is 37.3 Å². The highest BCUT2D eigenvalue weighted by atomic mass is 16.5. The molecule has 160 valence electrons. The lowest BCUT2D eigenvalue weighted by Crippen LogP contribution is -2.13. The molecule has 0 radical (unpaired) electrons. The summed E-state index contributed by atoms with van der Waals surface area (Å²) in [5.41, 5.74) is 3.88. The van der Waals surface area contributed by atoms with Crippen LogP contribution in [0.15, 0.2) is 72.9 Å². The van der Waals surface area contributed by atoms with E-state index in [-0.39, 0.29) is 6.10 Å². The summed E-state index contributed by atoms with van der Waals surface area (Å²) in [6.07, 6.45) is 2.91. The fourth-order valence-corrected chi connectivity index (χ4v) is 3.49. The maximum absolute atomic E-state index is 6.23. The van der Waals surface area contributed by atoms with Gasteiger partial charge < -0.3 is 10.1 Å². The molecular formula is C23H22N8O. The van der Waals surface area contributed by atoms with Crippen molar-refractivity contribution in [2.75, 3.05) is 5.32 Å². The molecule has 3 aromatic heterocycles. The number of aromatic nitrogens is 7. The van der Waals surface area contributed by atoms with E-state index in [1.807, 2.05) is 54.6 Å². The van der Waals surface area contributed by atoms with Gasteiger partial charge in [-0.3, -0.25) is 0 Å². The Kier molecular flexibility index (Phi) is 5.44. The number of hydrogen-bond acceptors (Lipinski definition) is 7. The number of benzene rings is 2. The molecule has 9 nitrogen and oxygen atoms in total. The normalized spacial score (nSPS) is 12.0. The molecule has 2 aromatic carbocycles. The molecule has 9 heteroatoms. The van der Waals surface area contributed by atoms with E-state index in [1.54, 1.807) is 10.7 Å². The summed E-state index contributed by atoms with van der Waals surface area (Å²) in [6.45, 7) is 2.08. The molecule has 0 bridgehead atoms. The molecule has 1 unspecified atom stereocenters. The quantitative estimate of drug-likeness (QED) is 0.387. The van der Waals surface area contributed by atoms with Gasteiger partial charge in [-0.25, -0.2) is 10.1 Å². The summed E-state index contributed by atoms with van der Waals surface area (Å²) in [7, 11) is 0. The van der Waals surface area contributed by atoms with Crippen LogP contribution in [0, 0.1) is 0 Å². The summed E-state index contributed by atoms with van der Waals surface area (Å²) in [5, 5.41) is 22.1. The monoisotopic (exact) mass is 426 g/mol. The van der Waals surface area contributed by atoms with Crippen molar-refractivity contribution in [3.8, 4) is 5.75 Å². The highest BCUT2D eigenvalue weighted by Gasteiger charge is 2.18. The van der Waals surface area contributed by atoms with Crippen molar-refractivity contribution in [2.24, 2.45) is 0 Å². The van der Waals surface area contributed by atoms with Crippen LogP contribution in [0.25, 0.3) is 5.65 Å². The van der Waals surface area contributed by atoms with Crippen molar-refractivity contribution in [1.29, 1.82) is 0 Å². The highest BCUT2D eigenvalue weighted by molar-refractivity contribution is 5.60. The first kappa shape index (κ1) is 19.7. The van der Waals surface area contributed by atoms with Crippen LogP contribution in [0.5, 0.6) is 5.75 Å². The van der Waals surface area contributed by atoms with Gasteiger partial charge in [-0.05, 0) is 46.7 Å². The molecule has 5 rings (SSSR count). The lowest BCUT2D eigenvalue weighted by molar-refractivity contribution is 0.196. The van der Waals surface area contributed by atoms with E-state index in [2.05, 4.69) is 55.1 Å². The Morgan fingerprint density at radius 1 is 1.06 bits per heavy atom. The Bertz CT molecular complexity index is 1280. The number of hydrogen-bond donors (Lipinski definition) is 2. The molecule has 5 aromatic rings. The van der Waals surface area contributed by atoms with Gasteiger partial charge in [0.1, 0.15) is 11.6 Å². The SMILES string of the molecule is CCc1cc(Nc2ccc(OC(Cc3ccccc3)c3nnn[nH]3)cc2)n2nccc2n1. The Hall–Kier alpha value is -4.27. The predicted octanol–water partition coefficient (Wildman–Crippen LogP) is 3.91. The van der Waals surface area contributed by atoms with Gasteiger partial charge in [-0.15, -0.1) is 5.10 Å². The van der Waals surface area contributed by atoms with Crippen molar-refractivity contribution in [3.63, 3.8) is 0 Å². The molecule has 0 aliphatic rings. The Morgan fingerprint density at radius 2 is 1.91 bits per heavy atom. The number of nitrogens with zero attached hydrogens (tertiary/aromatic N) is 6. The fourth-order valence-electron chi connectivity index (χ4n) is 3.49. The average molecular weight is 426 g/mol. The third-order valence-corrected chi connectivity index (χ3v) is 5.11. The summed E-state index contributed by atoms with van der Waals surface area (Å²) in [6, 6.07) is 21.8. The Labute approximate surface area is 184 Å². The molecule has 0 saturated heterocycles. The maximum Gasteiger partial charge on any atom is 0.189 e. The van der Waals surface area contributed by atoms with E-state index >= 15 is 0 Å². The first-order chi connectivity index (χ1) is 15.8. The van der Waals surface area contributed by atoms with Crippen LogP contribution in [-0.4, -0.2) is 35.2 Å². The van der Waals surface area contributed by atoms with Gasteiger partial charge in [0, 0.05) is 29.9 Å². The number of nitrogens with one attached hydrogen (secondary N) is 2. The highest BCUT2D eigenvalue weighted by Crippen LogP contribution is 2.26. The number of ether oxygens (including phenoxy) is 1. The second kappa shape index (κ2) is 8.84. The summed E-state index contributed by atoms with van der Waals surface area (Å²) >= 11 is 0. The van der Waals surface area contributed by atoms with Crippen LogP contribution in [0.1, 0.15) is 30.1 Å². The van der Waals surface area contributed by atoms with Crippen molar-refractivity contribution >= 4 is 17.2 Å². The number of anilines is 2. The van der Waals surface area contributed by atoms with Gasteiger partial charge in [-0.2, -0.15) is 9.61 Å². The molecule has 0 aliphatic carbocycles.